The molecule has 1 saturated carbocycles. The Morgan fingerprint density at radius 3 is 2.62 bits per heavy atom. The fourth-order valence-corrected chi connectivity index (χ4v) is 5.46. The molecule has 3 heterocycles. The fraction of sp³-hybridized carbons (Fsp3) is 0.556. The van der Waals surface area contributed by atoms with E-state index in [-0.39, 0.29) is 53.8 Å². The molecule has 0 aromatic carbocycles. The van der Waals surface area contributed by atoms with Crippen molar-refractivity contribution in [3.63, 3.8) is 0 Å². The molecule has 0 aromatic heterocycles. The standard InChI is InChI=1S/C18H20BrN3O5S.Na.H/c19-6-12(23)21-13-16(25)22-14(18(26)27)11(7-28-17(13)22)10(5-8-1-2-8)9-3-4-20-15(9)24;;/h8,13,17H,1-7H2,(H,20,24)(H,21,23)(H,26,27);;/q;+1;-1/t13-,17-;;/m1../s1. The summed E-state index contributed by atoms with van der Waals surface area (Å²) in [6, 6.07) is -0.722. The number of nitrogens with zero attached hydrogens (tertiary/aromatic N) is 1. The Morgan fingerprint density at radius 2 is 2.07 bits per heavy atom. The van der Waals surface area contributed by atoms with E-state index in [9.17, 15) is 24.3 Å². The summed E-state index contributed by atoms with van der Waals surface area (Å²) in [6.45, 7) is 0.553. The van der Waals surface area contributed by atoms with E-state index in [2.05, 4.69) is 26.6 Å². The topological polar surface area (TPSA) is 116 Å². The van der Waals surface area contributed by atoms with Gasteiger partial charge < -0.3 is 17.2 Å². The number of hydrogen-bond donors (Lipinski definition) is 3. The first kappa shape index (κ1) is 22.9. The number of fused-ring (bicyclic) bond motifs is 1. The average Bonchev–Trinajstić information content (AvgIpc) is 3.41. The molecule has 0 aromatic rings. The Hall–Kier alpha value is -0.810. The predicted molar refractivity (Wildman–Crippen MR) is 107 cm³/mol. The van der Waals surface area contributed by atoms with Crippen LogP contribution in [-0.4, -0.2) is 62.7 Å². The third-order valence-electron chi connectivity index (χ3n) is 5.46. The molecular formula is C18H21BrN3NaO5S. The van der Waals surface area contributed by atoms with Crippen molar-refractivity contribution in [1.29, 1.82) is 0 Å². The largest absolute Gasteiger partial charge is 1.00 e. The van der Waals surface area contributed by atoms with Crippen molar-refractivity contribution in [2.45, 2.75) is 37.1 Å². The molecule has 29 heavy (non-hydrogen) atoms. The molecule has 152 valence electrons. The second kappa shape index (κ2) is 9.13. The minimum Gasteiger partial charge on any atom is -1.00 e. The van der Waals surface area contributed by atoms with Gasteiger partial charge in [-0.3, -0.25) is 19.3 Å². The van der Waals surface area contributed by atoms with Crippen LogP contribution in [0.25, 0.3) is 0 Å². The number of alkyl halides is 1. The van der Waals surface area contributed by atoms with Crippen LogP contribution in [0.15, 0.2) is 22.4 Å². The van der Waals surface area contributed by atoms with Crippen LogP contribution in [0.1, 0.15) is 27.1 Å². The van der Waals surface area contributed by atoms with Gasteiger partial charge in [0.2, 0.25) is 11.8 Å². The van der Waals surface area contributed by atoms with Crippen LogP contribution in [-0.2, 0) is 19.2 Å². The maximum atomic E-state index is 12.6. The molecule has 3 aliphatic heterocycles. The summed E-state index contributed by atoms with van der Waals surface area (Å²) in [5.41, 5.74) is 1.98. The van der Waals surface area contributed by atoms with Gasteiger partial charge in [-0.2, -0.15) is 0 Å². The maximum absolute atomic E-state index is 12.6. The summed E-state index contributed by atoms with van der Waals surface area (Å²) < 4.78 is 0. The molecule has 3 N–H and O–H groups in total. The van der Waals surface area contributed by atoms with Gasteiger partial charge in [-0.15, -0.1) is 11.8 Å². The van der Waals surface area contributed by atoms with Crippen molar-refractivity contribution in [3.8, 4) is 0 Å². The number of amides is 3. The van der Waals surface area contributed by atoms with Gasteiger partial charge in [-0.1, -0.05) is 15.9 Å². The van der Waals surface area contributed by atoms with Gasteiger partial charge in [-0.25, -0.2) is 4.79 Å². The van der Waals surface area contributed by atoms with Crippen LogP contribution in [0.3, 0.4) is 0 Å². The Labute approximate surface area is 204 Å². The number of thioether (sulfide) groups is 1. The van der Waals surface area contributed by atoms with E-state index in [1.165, 1.54) is 16.7 Å². The number of halogens is 1. The van der Waals surface area contributed by atoms with Gasteiger partial charge >= 0.3 is 35.5 Å². The zero-order valence-electron chi connectivity index (χ0n) is 17.0. The molecule has 3 fully saturated rings. The smallest absolute Gasteiger partial charge is 1.00 e. The van der Waals surface area contributed by atoms with Crippen molar-refractivity contribution < 1.29 is 55.3 Å². The van der Waals surface area contributed by atoms with Crippen molar-refractivity contribution in [2.75, 3.05) is 17.6 Å². The van der Waals surface area contributed by atoms with Crippen molar-refractivity contribution in [2.24, 2.45) is 5.92 Å². The van der Waals surface area contributed by atoms with Gasteiger partial charge in [0.1, 0.15) is 17.1 Å². The molecular weight excluding hydrogens is 473 g/mol. The molecule has 4 aliphatic rings. The maximum Gasteiger partial charge on any atom is 1.00 e. The van der Waals surface area contributed by atoms with Crippen LogP contribution >= 0.6 is 27.7 Å². The summed E-state index contributed by atoms with van der Waals surface area (Å²) in [7, 11) is 0. The number of carbonyl (C=O) groups excluding carboxylic acids is 3. The number of aliphatic carboxylic acids is 1. The Morgan fingerprint density at radius 1 is 1.34 bits per heavy atom. The first-order valence-corrected chi connectivity index (χ1v) is 11.4. The Bertz CT molecular complexity index is 848. The quantitative estimate of drug-likeness (QED) is 0.168. The minimum absolute atomic E-state index is 0. The van der Waals surface area contributed by atoms with E-state index in [1.54, 1.807) is 0 Å². The number of carboxylic acids is 1. The van der Waals surface area contributed by atoms with Crippen molar-refractivity contribution in [3.05, 3.63) is 22.4 Å². The number of carbonyl (C=O) groups is 4. The van der Waals surface area contributed by atoms with Gasteiger partial charge in [0, 0.05) is 17.9 Å². The summed E-state index contributed by atoms with van der Waals surface area (Å²) in [4.78, 5) is 50.0. The molecule has 3 amide bonds. The van der Waals surface area contributed by atoms with E-state index >= 15 is 0 Å². The van der Waals surface area contributed by atoms with Crippen molar-refractivity contribution in [1.82, 2.24) is 15.5 Å². The predicted octanol–water partition coefficient (Wildman–Crippen LogP) is -2.15. The number of nitrogens with one attached hydrogen (secondary N) is 2. The monoisotopic (exact) mass is 493 g/mol. The molecule has 1 aliphatic carbocycles. The second-order valence-electron chi connectivity index (χ2n) is 7.33. The summed E-state index contributed by atoms with van der Waals surface area (Å²) in [5.74, 6) is -1.18. The minimum atomic E-state index is -1.17. The van der Waals surface area contributed by atoms with Crippen LogP contribution in [0.2, 0.25) is 0 Å². The molecule has 2 atom stereocenters. The molecule has 0 bridgehead atoms. The van der Waals surface area contributed by atoms with E-state index < -0.39 is 23.3 Å². The Balaban J connectivity index is 0.00000160. The third-order valence-corrected chi connectivity index (χ3v) is 7.25. The van der Waals surface area contributed by atoms with Gasteiger partial charge in [0.05, 0.1) is 5.33 Å². The molecule has 4 rings (SSSR count). The van der Waals surface area contributed by atoms with Gasteiger partial charge in [0.15, 0.2) is 0 Å². The summed E-state index contributed by atoms with van der Waals surface area (Å²) >= 11 is 4.48. The van der Waals surface area contributed by atoms with Crippen LogP contribution in [0.4, 0.5) is 0 Å². The summed E-state index contributed by atoms with van der Waals surface area (Å²) in [5, 5.41) is 15.0. The molecule has 8 nitrogen and oxygen atoms in total. The first-order chi connectivity index (χ1) is 13.4. The number of rotatable bonds is 6. The van der Waals surface area contributed by atoms with Gasteiger partial charge in [0.25, 0.3) is 5.91 Å². The molecule has 0 unspecified atom stereocenters. The summed E-state index contributed by atoms with van der Waals surface area (Å²) in [6.07, 6.45) is 3.40. The number of β-lactam (4-membered cyclic amide) rings is 1. The number of carboxylic acid groups (broad SMARTS) is 1. The first-order valence-electron chi connectivity index (χ1n) is 9.19. The molecule has 2 saturated heterocycles. The molecule has 0 radical (unpaired) electrons. The Kier molecular flexibility index (Phi) is 7.20. The molecule has 11 heteroatoms. The normalized spacial score (nSPS) is 27.6. The van der Waals surface area contributed by atoms with Crippen LogP contribution in [0, 0.1) is 5.92 Å². The van der Waals surface area contributed by atoms with E-state index in [4.69, 9.17) is 0 Å². The second-order valence-corrected chi connectivity index (χ2v) is 9.00. The number of hydrogen-bond acceptors (Lipinski definition) is 5. The van der Waals surface area contributed by atoms with E-state index in [0.29, 0.717) is 42.2 Å². The van der Waals surface area contributed by atoms with E-state index in [0.717, 1.165) is 18.4 Å². The van der Waals surface area contributed by atoms with Crippen LogP contribution in [0.5, 0.6) is 0 Å². The zero-order chi connectivity index (χ0) is 20.0. The van der Waals surface area contributed by atoms with Gasteiger partial charge in [-0.05, 0) is 42.7 Å². The fourth-order valence-electron chi connectivity index (χ4n) is 3.91. The SMILES string of the molecule is O=C(CBr)N[C@@H]1C(=O)N2C(C(=O)O)=C(C(CC3CC3)=C3CCNC3=O)CS[C@H]12.[H-].[Na+]. The number of allylic oxidation sites excluding steroid dienone is 1. The van der Waals surface area contributed by atoms with E-state index in [1.807, 2.05) is 0 Å². The third kappa shape index (κ3) is 4.32. The van der Waals surface area contributed by atoms with Crippen molar-refractivity contribution >= 4 is 51.4 Å². The molecule has 0 spiro atoms. The zero-order valence-corrected chi connectivity index (χ0v) is 20.4. The van der Waals surface area contributed by atoms with Crippen LogP contribution < -0.4 is 40.2 Å². The average molecular weight is 494 g/mol.